The predicted octanol–water partition coefficient (Wildman–Crippen LogP) is 2.45. The van der Waals surface area contributed by atoms with E-state index in [0.717, 1.165) is 16.9 Å². The molecule has 0 aromatic heterocycles. The monoisotopic (exact) mass is 325 g/mol. The maximum Gasteiger partial charge on any atom is 0.308 e. The van der Waals surface area contributed by atoms with Crippen molar-refractivity contribution in [3.8, 4) is 5.75 Å². The van der Waals surface area contributed by atoms with E-state index in [-0.39, 0.29) is 18.3 Å². The number of carbonyl (C=O) groups is 2. The van der Waals surface area contributed by atoms with Gasteiger partial charge in [0.15, 0.2) is 0 Å². The van der Waals surface area contributed by atoms with Crippen molar-refractivity contribution >= 4 is 29.9 Å². The van der Waals surface area contributed by atoms with E-state index in [1.807, 2.05) is 31.2 Å². The molecule has 1 saturated heterocycles. The lowest BCUT2D eigenvalue weighted by Crippen LogP contribution is -2.28. The van der Waals surface area contributed by atoms with Crippen LogP contribution in [0.4, 0.5) is 0 Å². The van der Waals surface area contributed by atoms with Gasteiger partial charge >= 0.3 is 5.97 Å². The summed E-state index contributed by atoms with van der Waals surface area (Å²) in [5.74, 6) is -0.640. The fraction of sp³-hybridized carbons (Fsp3) is 0.375. The van der Waals surface area contributed by atoms with Gasteiger partial charge in [0, 0.05) is 19.2 Å². The second-order valence-electron chi connectivity index (χ2n) is 5.16. The summed E-state index contributed by atoms with van der Waals surface area (Å²) in [5, 5.41) is 8.96. The van der Waals surface area contributed by atoms with Crippen molar-refractivity contribution in [1.29, 1.82) is 0 Å². The summed E-state index contributed by atoms with van der Waals surface area (Å²) < 4.78 is 5.10. The molecule has 1 aliphatic rings. The van der Waals surface area contributed by atoms with Crippen molar-refractivity contribution in [2.75, 3.05) is 20.2 Å². The van der Waals surface area contributed by atoms with Crippen molar-refractivity contribution in [2.45, 2.75) is 13.3 Å². The zero-order valence-electron chi connectivity index (χ0n) is 12.6. The number of amides is 1. The summed E-state index contributed by atoms with van der Waals surface area (Å²) >= 11 is 0. The van der Waals surface area contributed by atoms with Crippen LogP contribution in [0.2, 0.25) is 0 Å². The van der Waals surface area contributed by atoms with Crippen LogP contribution in [0.15, 0.2) is 30.3 Å². The number of benzene rings is 1. The lowest BCUT2D eigenvalue weighted by molar-refractivity contribution is -0.141. The molecule has 1 N–H and O–H groups in total. The third-order valence-corrected chi connectivity index (χ3v) is 3.73. The second-order valence-corrected chi connectivity index (χ2v) is 5.16. The minimum absolute atomic E-state index is 0. The van der Waals surface area contributed by atoms with Crippen LogP contribution in [0, 0.1) is 5.92 Å². The van der Waals surface area contributed by atoms with E-state index in [9.17, 15) is 9.59 Å². The number of rotatable bonds is 4. The fourth-order valence-electron chi connectivity index (χ4n) is 2.38. The molecule has 0 spiro atoms. The Morgan fingerprint density at radius 1 is 1.32 bits per heavy atom. The molecular formula is C16H20ClNO4. The summed E-state index contributed by atoms with van der Waals surface area (Å²) in [7, 11) is 1.60. The number of allylic oxidation sites excluding steroid dienone is 1. The molecule has 1 aromatic carbocycles. The molecule has 22 heavy (non-hydrogen) atoms. The Balaban J connectivity index is 0.00000242. The Morgan fingerprint density at radius 2 is 1.95 bits per heavy atom. The lowest BCUT2D eigenvalue weighted by atomic mass is 10.1. The molecule has 0 radical (unpaired) electrons. The SMILES string of the molecule is COc1ccc(C(C)=CC(=O)N2CCC(C(=O)O)C2)cc1.Cl. The van der Waals surface area contributed by atoms with Gasteiger partial charge in [0.25, 0.3) is 0 Å². The summed E-state index contributed by atoms with van der Waals surface area (Å²) in [6, 6.07) is 7.46. The number of hydrogen-bond acceptors (Lipinski definition) is 3. The van der Waals surface area contributed by atoms with E-state index < -0.39 is 11.9 Å². The molecule has 6 heteroatoms. The van der Waals surface area contributed by atoms with Gasteiger partial charge in [-0.25, -0.2) is 0 Å². The molecule has 1 fully saturated rings. The molecular weight excluding hydrogens is 306 g/mol. The summed E-state index contributed by atoms with van der Waals surface area (Å²) in [6.45, 7) is 2.66. The van der Waals surface area contributed by atoms with Crippen molar-refractivity contribution in [1.82, 2.24) is 4.90 Å². The topological polar surface area (TPSA) is 66.8 Å². The summed E-state index contributed by atoms with van der Waals surface area (Å²) in [4.78, 5) is 24.6. The second kappa shape index (κ2) is 7.84. The third-order valence-electron chi connectivity index (χ3n) is 3.73. The Hall–Kier alpha value is -2.01. The van der Waals surface area contributed by atoms with Crippen LogP contribution in [0.3, 0.4) is 0 Å². The maximum absolute atomic E-state index is 12.2. The molecule has 2 rings (SSSR count). The number of likely N-dealkylation sites (tertiary alicyclic amines) is 1. The van der Waals surface area contributed by atoms with E-state index in [4.69, 9.17) is 9.84 Å². The average molecular weight is 326 g/mol. The first-order valence-electron chi connectivity index (χ1n) is 6.85. The highest BCUT2D eigenvalue weighted by atomic mass is 35.5. The van der Waals surface area contributed by atoms with Gasteiger partial charge in [0.05, 0.1) is 13.0 Å². The van der Waals surface area contributed by atoms with Gasteiger partial charge in [-0.2, -0.15) is 0 Å². The minimum atomic E-state index is -0.832. The molecule has 1 aliphatic heterocycles. The predicted molar refractivity (Wildman–Crippen MR) is 86.2 cm³/mol. The third kappa shape index (κ3) is 4.24. The largest absolute Gasteiger partial charge is 0.497 e. The van der Waals surface area contributed by atoms with Gasteiger partial charge < -0.3 is 14.7 Å². The molecule has 1 atom stereocenters. The highest BCUT2D eigenvalue weighted by Gasteiger charge is 2.29. The standard InChI is InChI=1S/C16H19NO4.ClH/c1-11(12-3-5-14(21-2)6-4-12)9-15(18)17-8-7-13(10-17)16(19)20;/h3-6,9,13H,7-8,10H2,1-2H3,(H,19,20);1H. The first-order chi connectivity index (χ1) is 10.0. The van der Waals surface area contributed by atoms with Crippen molar-refractivity contribution in [3.63, 3.8) is 0 Å². The Labute approximate surface area is 136 Å². The summed E-state index contributed by atoms with van der Waals surface area (Å²) in [5.41, 5.74) is 1.79. The van der Waals surface area contributed by atoms with E-state index in [1.165, 1.54) is 0 Å². The molecule has 5 nitrogen and oxygen atoms in total. The number of nitrogens with zero attached hydrogens (tertiary/aromatic N) is 1. The number of ether oxygens (including phenoxy) is 1. The zero-order valence-corrected chi connectivity index (χ0v) is 13.4. The van der Waals surface area contributed by atoms with Gasteiger partial charge in [0.2, 0.25) is 5.91 Å². The Bertz CT molecular complexity index is 568. The highest BCUT2D eigenvalue weighted by molar-refractivity contribution is 5.95. The zero-order chi connectivity index (χ0) is 15.4. The van der Waals surface area contributed by atoms with Crippen molar-refractivity contribution in [3.05, 3.63) is 35.9 Å². The highest BCUT2D eigenvalue weighted by Crippen LogP contribution is 2.20. The molecule has 0 bridgehead atoms. The van der Waals surface area contributed by atoms with E-state index in [0.29, 0.717) is 19.5 Å². The molecule has 120 valence electrons. The van der Waals surface area contributed by atoms with E-state index >= 15 is 0 Å². The van der Waals surface area contributed by atoms with Gasteiger partial charge in [-0.1, -0.05) is 12.1 Å². The molecule has 1 heterocycles. The van der Waals surface area contributed by atoms with Gasteiger partial charge in [-0.05, 0) is 36.6 Å². The van der Waals surface area contributed by atoms with E-state index in [1.54, 1.807) is 18.1 Å². The Morgan fingerprint density at radius 3 is 2.45 bits per heavy atom. The lowest BCUT2D eigenvalue weighted by Gasteiger charge is -2.14. The first kappa shape index (κ1) is 18.0. The number of carboxylic acids is 1. The van der Waals surface area contributed by atoms with Crippen LogP contribution < -0.4 is 4.74 Å². The minimum Gasteiger partial charge on any atom is -0.497 e. The quantitative estimate of drug-likeness (QED) is 0.863. The van der Waals surface area contributed by atoms with Gasteiger partial charge in [0.1, 0.15) is 5.75 Å². The number of methoxy groups -OCH3 is 1. The molecule has 0 aliphatic carbocycles. The normalized spacial score (nSPS) is 17.8. The number of halogens is 1. The van der Waals surface area contributed by atoms with Crippen LogP contribution in [0.1, 0.15) is 18.9 Å². The van der Waals surface area contributed by atoms with Crippen LogP contribution in [0.5, 0.6) is 5.75 Å². The first-order valence-corrected chi connectivity index (χ1v) is 6.85. The van der Waals surface area contributed by atoms with E-state index in [2.05, 4.69) is 0 Å². The Kier molecular flexibility index (Phi) is 6.43. The average Bonchev–Trinajstić information content (AvgIpc) is 2.97. The molecule has 1 amide bonds. The molecule has 1 aromatic rings. The van der Waals surface area contributed by atoms with Crippen LogP contribution in [0.25, 0.3) is 5.57 Å². The van der Waals surface area contributed by atoms with Gasteiger partial charge in [-0.3, -0.25) is 9.59 Å². The van der Waals surface area contributed by atoms with Crippen LogP contribution in [-0.2, 0) is 9.59 Å². The van der Waals surface area contributed by atoms with Crippen molar-refractivity contribution in [2.24, 2.45) is 5.92 Å². The van der Waals surface area contributed by atoms with Crippen LogP contribution >= 0.6 is 12.4 Å². The number of hydrogen-bond donors (Lipinski definition) is 1. The number of carboxylic acid groups (broad SMARTS) is 1. The smallest absolute Gasteiger partial charge is 0.308 e. The van der Waals surface area contributed by atoms with Crippen molar-refractivity contribution < 1.29 is 19.4 Å². The van der Waals surface area contributed by atoms with Gasteiger partial charge in [-0.15, -0.1) is 12.4 Å². The fourth-order valence-corrected chi connectivity index (χ4v) is 2.38. The van der Waals surface area contributed by atoms with Crippen LogP contribution in [-0.4, -0.2) is 42.1 Å². The summed E-state index contributed by atoms with van der Waals surface area (Å²) in [6.07, 6.45) is 2.09. The maximum atomic E-state index is 12.2. The molecule has 1 unspecified atom stereocenters. The number of carbonyl (C=O) groups excluding carboxylic acids is 1. The number of aliphatic carboxylic acids is 1. The molecule has 0 saturated carbocycles.